The molecular weight excluding hydrogens is 316 g/mol. The van der Waals surface area contributed by atoms with Gasteiger partial charge in [0.05, 0.1) is 6.33 Å². The third-order valence-corrected chi connectivity index (χ3v) is 5.60. The molecule has 3 aromatic heterocycles. The predicted octanol–water partition coefficient (Wildman–Crippen LogP) is 1.33. The number of aryl methyl sites for hydroxylation is 1. The lowest BCUT2D eigenvalue weighted by atomic mass is 10.0. The Bertz CT molecular complexity index is 921. The van der Waals surface area contributed by atoms with Crippen LogP contribution >= 0.6 is 0 Å². The number of nitrogens with one attached hydrogen (secondary N) is 1. The van der Waals surface area contributed by atoms with Crippen LogP contribution in [0.5, 0.6) is 0 Å². The predicted molar refractivity (Wildman–Crippen MR) is 94.6 cm³/mol. The summed E-state index contributed by atoms with van der Waals surface area (Å²) in [7, 11) is 0. The van der Waals surface area contributed by atoms with Crippen LogP contribution in [-0.4, -0.2) is 56.1 Å². The first kappa shape index (κ1) is 14.6. The van der Waals surface area contributed by atoms with Crippen molar-refractivity contribution in [1.29, 1.82) is 0 Å². The zero-order valence-electron chi connectivity index (χ0n) is 14.3. The van der Waals surface area contributed by atoms with Crippen molar-refractivity contribution in [1.82, 2.24) is 29.9 Å². The molecule has 0 aromatic carbocycles. The van der Waals surface area contributed by atoms with Crippen LogP contribution < -0.4 is 9.80 Å². The molecule has 2 aliphatic rings. The van der Waals surface area contributed by atoms with Crippen LogP contribution in [0.4, 0.5) is 11.6 Å². The van der Waals surface area contributed by atoms with E-state index in [0.717, 1.165) is 54.7 Å². The van der Waals surface area contributed by atoms with Gasteiger partial charge >= 0.3 is 0 Å². The Morgan fingerprint density at radius 3 is 2.24 bits per heavy atom. The number of hydrogen-bond donors (Lipinski definition) is 1. The molecule has 3 aromatic rings. The van der Waals surface area contributed by atoms with E-state index < -0.39 is 0 Å². The van der Waals surface area contributed by atoms with E-state index in [2.05, 4.69) is 46.6 Å². The molecule has 2 saturated heterocycles. The van der Waals surface area contributed by atoms with E-state index in [1.54, 1.807) is 19.0 Å². The minimum Gasteiger partial charge on any atom is -0.356 e. The van der Waals surface area contributed by atoms with Crippen LogP contribution in [0.15, 0.2) is 19.0 Å². The number of anilines is 2. The molecule has 2 aliphatic heterocycles. The van der Waals surface area contributed by atoms with Gasteiger partial charge in [-0.2, -0.15) is 0 Å². The van der Waals surface area contributed by atoms with Crippen molar-refractivity contribution in [2.75, 3.05) is 36.0 Å². The molecule has 128 valence electrons. The zero-order valence-corrected chi connectivity index (χ0v) is 14.3. The Hall–Kier alpha value is -2.77. The van der Waals surface area contributed by atoms with Crippen molar-refractivity contribution in [3.05, 3.63) is 30.2 Å². The number of nitrogens with zero attached hydrogens (tertiary/aromatic N) is 7. The molecule has 5 rings (SSSR count). The van der Waals surface area contributed by atoms with Gasteiger partial charge in [-0.3, -0.25) is 0 Å². The second-order valence-electron chi connectivity index (χ2n) is 7.04. The average molecular weight is 336 g/mol. The smallest absolute Gasteiger partial charge is 0.182 e. The van der Waals surface area contributed by atoms with Crippen molar-refractivity contribution >= 4 is 22.8 Å². The Labute approximate surface area is 145 Å². The molecule has 2 fully saturated rings. The molecule has 2 atom stereocenters. The molecule has 0 spiro atoms. The molecule has 0 saturated carbocycles. The van der Waals surface area contributed by atoms with Crippen molar-refractivity contribution in [3.8, 4) is 0 Å². The molecule has 25 heavy (non-hydrogen) atoms. The van der Waals surface area contributed by atoms with Crippen LogP contribution in [0.3, 0.4) is 0 Å². The van der Waals surface area contributed by atoms with Gasteiger partial charge in [-0.15, -0.1) is 0 Å². The van der Waals surface area contributed by atoms with Crippen LogP contribution in [0.2, 0.25) is 0 Å². The first-order valence-electron chi connectivity index (χ1n) is 8.63. The van der Waals surface area contributed by atoms with Gasteiger partial charge < -0.3 is 14.8 Å². The fraction of sp³-hybridized carbons (Fsp3) is 0.471. The zero-order chi connectivity index (χ0) is 17.0. The average Bonchev–Trinajstić information content (AvgIpc) is 3.30. The summed E-state index contributed by atoms with van der Waals surface area (Å²) in [6, 6.07) is 0. The van der Waals surface area contributed by atoms with Crippen LogP contribution in [0, 0.1) is 25.7 Å². The number of aromatic nitrogens is 6. The van der Waals surface area contributed by atoms with Crippen molar-refractivity contribution in [2.24, 2.45) is 11.8 Å². The highest BCUT2D eigenvalue weighted by Crippen LogP contribution is 2.37. The largest absolute Gasteiger partial charge is 0.356 e. The Morgan fingerprint density at radius 2 is 1.48 bits per heavy atom. The first-order chi connectivity index (χ1) is 12.2. The molecule has 0 radical (unpaired) electrons. The van der Waals surface area contributed by atoms with Gasteiger partial charge in [0, 0.05) is 49.3 Å². The summed E-state index contributed by atoms with van der Waals surface area (Å²) in [5.74, 6) is 3.31. The molecule has 0 bridgehead atoms. The second-order valence-corrected chi connectivity index (χ2v) is 7.04. The summed E-state index contributed by atoms with van der Waals surface area (Å²) in [6.45, 7) is 8.25. The summed E-state index contributed by atoms with van der Waals surface area (Å²) in [4.78, 5) is 29.7. The summed E-state index contributed by atoms with van der Waals surface area (Å²) < 4.78 is 0. The molecule has 5 heterocycles. The number of H-pyrrole nitrogens is 1. The van der Waals surface area contributed by atoms with Crippen molar-refractivity contribution in [3.63, 3.8) is 0 Å². The lowest BCUT2D eigenvalue weighted by molar-refractivity contribution is 0.533. The van der Waals surface area contributed by atoms with Crippen LogP contribution in [0.1, 0.15) is 11.3 Å². The van der Waals surface area contributed by atoms with E-state index in [1.165, 1.54) is 5.56 Å². The maximum Gasteiger partial charge on any atom is 0.182 e. The third-order valence-electron chi connectivity index (χ3n) is 5.60. The van der Waals surface area contributed by atoms with Crippen molar-refractivity contribution < 1.29 is 0 Å². The summed E-state index contributed by atoms with van der Waals surface area (Å²) in [5, 5.41) is 0. The fourth-order valence-corrected chi connectivity index (χ4v) is 4.18. The lowest BCUT2D eigenvalue weighted by Gasteiger charge is -2.24. The van der Waals surface area contributed by atoms with E-state index in [4.69, 9.17) is 0 Å². The number of rotatable bonds is 2. The highest BCUT2D eigenvalue weighted by molar-refractivity contribution is 5.82. The molecule has 1 N–H and O–H groups in total. The summed E-state index contributed by atoms with van der Waals surface area (Å²) >= 11 is 0. The lowest BCUT2D eigenvalue weighted by Crippen LogP contribution is -2.30. The van der Waals surface area contributed by atoms with E-state index in [1.807, 2.05) is 6.92 Å². The number of hydrogen-bond acceptors (Lipinski definition) is 7. The minimum absolute atomic E-state index is 0.627. The van der Waals surface area contributed by atoms with E-state index in [9.17, 15) is 0 Å². The highest BCUT2D eigenvalue weighted by Gasteiger charge is 2.41. The summed E-state index contributed by atoms with van der Waals surface area (Å²) in [6.07, 6.45) is 4.96. The topological polar surface area (TPSA) is 86.7 Å². The third kappa shape index (κ3) is 2.24. The quantitative estimate of drug-likeness (QED) is 0.755. The van der Waals surface area contributed by atoms with Gasteiger partial charge in [0.25, 0.3) is 0 Å². The number of fused-ring (bicyclic) bond motifs is 2. The van der Waals surface area contributed by atoms with Gasteiger partial charge in [0.2, 0.25) is 0 Å². The molecular formula is C17H20N8. The monoisotopic (exact) mass is 336 g/mol. The Kier molecular flexibility index (Phi) is 3.13. The molecule has 2 unspecified atom stereocenters. The van der Waals surface area contributed by atoms with Gasteiger partial charge in [0.15, 0.2) is 11.5 Å². The standard InChI is InChI=1S/C17H20N8/c1-10-11(2)18-7-22-16(10)24-3-12-5-25(6-13(12)4-24)17-14-15(20-8-19-14)21-9-23-17/h7-9,12-13H,3-6H2,1-2H3,(H,19,20,21,23). The molecule has 8 heteroatoms. The van der Waals surface area contributed by atoms with Crippen LogP contribution in [0.25, 0.3) is 11.2 Å². The number of imidazole rings is 1. The maximum absolute atomic E-state index is 4.53. The first-order valence-corrected chi connectivity index (χ1v) is 8.63. The van der Waals surface area contributed by atoms with E-state index in [-0.39, 0.29) is 0 Å². The highest BCUT2D eigenvalue weighted by atomic mass is 15.3. The number of aromatic amines is 1. The van der Waals surface area contributed by atoms with E-state index in [0.29, 0.717) is 11.8 Å². The van der Waals surface area contributed by atoms with Gasteiger partial charge in [-0.05, 0) is 13.8 Å². The Morgan fingerprint density at radius 1 is 0.840 bits per heavy atom. The van der Waals surface area contributed by atoms with Crippen LogP contribution in [-0.2, 0) is 0 Å². The minimum atomic E-state index is 0.627. The van der Waals surface area contributed by atoms with Gasteiger partial charge in [-0.25, -0.2) is 24.9 Å². The SMILES string of the molecule is Cc1ncnc(N2CC3CN(c4ncnc5nc[nH]c45)CC3C2)c1C. The van der Waals surface area contributed by atoms with E-state index >= 15 is 0 Å². The maximum atomic E-state index is 4.53. The van der Waals surface area contributed by atoms with Gasteiger partial charge in [0.1, 0.15) is 24.0 Å². The molecule has 0 amide bonds. The molecule has 8 nitrogen and oxygen atoms in total. The second kappa shape index (κ2) is 5.37. The Balaban J connectivity index is 1.37. The van der Waals surface area contributed by atoms with Crippen molar-refractivity contribution in [2.45, 2.75) is 13.8 Å². The van der Waals surface area contributed by atoms with Gasteiger partial charge in [-0.1, -0.05) is 0 Å². The molecule has 0 aliphatic carbocycles. The summed E-state index contributed by atoms with van der Waals surface area (Å²) in [5.41, 5.74) is 3.91. The normalized spacial score (nSPS) is 22.8. The fourth-order valence-electron chi connectivity index (χ4n) is 4.18.